The van der Waals surface area contributed by atoms with Crippen LogP contribution >= 0.6 is 0 Å². The van der Waals surface area contributed by atoms with Gasteiger partial charge in [0.1, 0.15) is 18.8 Å². The van der Waals surface area contributed by atoms with Crippen LogP contribution in [0.3, 0.4) is 0 Å². The molecule has 0 unspecified atom stereocenters. The van der Waals surface area contributed by atoms with Crippen LogP contribution in [-0.4, -0.2) is 137 Å². The molecule has 0 radical (unpaired) electrons. The van der Waals surface area contributed by atoms with E-state index in [2.05, 4.69) is 15.1 Å². The van der Waals surface area contributed by atoms with Gasteiger partial charge in [-0.1, -0.05) is 60.7 Å². The zero-order chi connectivity index (χ0) is 38.5. The first kappa shape index (κ1) is 39.4. The van der Waals surface area contributed by atoms with Gasteiger partial charge in [0.2, 0.25) is 0 Å². The second kappa shape index (κ2) is 17.1. The smallest absolute Gasteiger partial charge is 0.410 e. The molecule has 4 aliphatic heterocycles. The summed E-state index contributed by atoms with van der Waals surface area (Å²) in [4.78, 5) is 48.2. The summed E-state index contributed by atoms with van der Waals surface area (Å²) in [7, 11) is 0. The molecule has 4 saturated heterocycles. The van der Waals surface area contributed by atoms with Gasteiger partial charge in [-0.3, -0.25) is 14.7 Å². The normalized spacial score (nSPS) is 22.8. The van der Waals surface area contributed by atoms with Gasteiger partial charge in [-0.2, -0.15) is 0 Å². The highest BCUT2D eigenvalue weighted by Crippen LogP contribution is 2.46. The summed E-state index contributed by atoms with van der Waals surface area (Å²) in [6, 6.07) is 20.7. The summed E-state index contributed by atoms with van der Waals surface area (Å²) in [6.45, 7) is 15.4. The number of hydrogen-bond donors (Lipinski definition) is 1. The van der Waals surface area contributed by atoms with Crippen molar-refractivity contribution in [3.8, 4) is 0 Å². The van der Waals surface area contributed by atoms with E-state index in [1.54, 1.807) is 0 Å². The maximum Gasteiger partial charge on any atom is 0.410 e. The highest BCUT2D eigenvalue weighted by Gasteiger charge is 2.55. The number of piperazine rings is 2. The minimum absolute atomic E-state index is 0.0493. The first-order valence-electron chi connectivity index (χ1n) is 20.6. The molecule has 2 aliphatic carbocycles. The summed E-state index contributed by atoms with van der Waals surface area (Å²) in [5, 5.41) is 3.67. The Morgan fingerprint density at radius 1 is 0.636 bits per heavy atom. The van der Waals surface area contributed by atoms with Gasteiger partial charge < -0.3 is 29.3 Å². The van der Waals surface area contributed by atoms with Crippen LogP contribution in [0.25, 0.3) is 0 Å². The fraction of sp³-hybridized carbons (Fsp3) is 0.651. The van der Waals surface area contributed by atoms with Gasteiger partial charge in [-0.25, -0.2) is 14.4 Å². The number of hydrogen-bond acceptors (Lipinski definition) is 9. The third-order valence-corrected chi connectivity index (χ3v) is 12.3. The van der Waals surface area contributed by atoms with E-state index >= 15 is 0 Å². The molecule has 12 nitrogen and oxygen atoms in total. The van der Waals surface area contributed by atoms with Crippen LogP contribution in [0.5, 0.6) is 0 Å². The zero-order valence-electron chi connectivity index (χ0n) is 33.3. The van der Waals surface area contributed by atoms with E-state index in [-0.39, 0.29) is 23.8 Å². The molecule has 0 bridgehead atoms. The molecule has 0 aromatic heterocycles. The standard InChI is InChI=1S/C24H35N3O4.C19H27N3O2/c1-23(2,3)31-22(29)27-16-15-26(18-24(27)11-12-24)20-9-13-25(14-10-20)21(28)30-17-19-7-5-4-6-8-19;23-18(24-14-16-4-2-1-3-5-16)21-11-6-17(7-12-21)22-13-10-20-19(15-22)8-9-19/h4-8,20H,9-18H2,1-3H3;1-5,17,20H,6-15H2. The summed E-state index contributed by atoms with van der Waals surface area (Å²) in [5.74, 6) is 0. The highest BCUT2D eigenvalue weighted by molar-refractivity contribution is 5.70. The number of amides is 3. The number of rotatable bonds is 6. The second-order valence-corrected chi connectivity index (χ2v) is 17.5. The van der Waals surface area contributed by atoms with Crippen molar-refractivity contribution in [1.82, 2.24) is 29.8 Å². The fourth-order valence-electron chi connectivity index (χ4n) is 8.73. The predicted octanol–water partition coefficient (Wildman–Crippen LogP) is 6.10. The lowest BCUT2D eigenvalue weighted by molar-refractivity contribution is -0.0198. The highest BCUT2D eigenvalue weighted by atomic mass is 16.6. The summed E-state index contributed by atoms with van der Waals surface area (Å²) < 4.78 is 16.6. The number of benzene rings is 2. The Hall–Kier alpha value is -3.87. The molecule has 6 aliphatic rings. The van der Waals surface area contributed by atoms with Gasteiger partial charge in [0.25, 0.3) is 0 Å². The van der Waals surface area contributed by atoms with E-state index in [0.29, 0.717) is 37.4 Å². The quantitative estimate of drug-likeness (QED) is 0.350. The number of carbonyl (C=O) groups excluding carboxylic acids is 3. The Morgan fingerprint density at radius 3 is 1.58 bits per heavy atom. The van der Waals surface area contributed by atoms with Crippen molar-refractivity contribution >= 4 is 18.3 Å². The number of ether oxygens (including phenoxy) is 3. The monoisotopic (exact) mass is 758 g/mol. The Labute approximate surface area is 327 Å². The number of piperidine rings is 2. The summed E-state index contributed by atoms with van der Waals surface area (Å²) in [6.07, 6.45) is 8.20. The number of carbonyl (C=O) groups is 3. The van der Waals surface area contributed by atoms with Gasteiger partial charge >= 0.3 is 18.3 Å². The van der Waals surface area contributed by atoms with Crippen molar-refractivity contribution in [3.05, 3.63) is 71.8 Å². The van der Waals surface area contributed by atoms with E-state index < -0.39 is 5.60 Å². The fourth-order valence-corrected chi connectivity index (χ4v) is 8.73. The minimum Gasteiger partial charge on any atom is -0.445 e. The molecule has 12 heteroatoms. The molecule has 2 aromatic carbocycles. The van der Waals surface area contributed by atoms with Gasteiger partial charge in [-0.05, 0) is 83.3 Å². The molecule has 3 amide bonds. The maximum absolute atomic E-state index is 12.7. The minimum atomic E-state index is -0.466. The lowest BCUT2D eigenvalue weighted by Gasteiger charge is -2.46. The summed E-state index contributed by atoms with van der Waals surface area (Å²) in [5.41, 5.74) is 1.96. The number of nitrogens with one attached hydrogen (secondary N) is 1. The topological polar surface area (TPSA) is 107 Å². The van der Waals surface area contributed by atoms with Crippen LogP contribution in [0.4, 0.5) is 14.4 Å². The van der Waals surface area contributed by atoms with E-state index in [0.717, 1.165) is 102 Å². The number of nitrogens with zero attached hydrogens (tertiary/aromatic N) is 5. The van der Waals surface area contributed by atoms with Crippen molar-refractivity contribution in [2.24, 2.45) is 0 Å². The lowest BCUT2D eigenvalue weighted by atomic mass is 10.00. The molecule has 4 heterocycles. The summed E-state index contributed by atoms with van der Waals surface area (Å²) >= 11 is 0. The van der Waals surface area contributed by atoms with E-state index in [1.165, 1.54) is 19.4 Å². The van der Waals surface area contributed by atoms with Crippen LogP contribution in [-0.2, 0) is 27.4 Å². The number of likely N-dealkylation sites (tertiary alicyclic amines) is 2. The van der Waals surface area contributed by atoms with Crippen molar-refractivity contribution in [3.63, 3.8) is 0 Å². The third-order valence-electron chi connectivity index (χ3n) is 12.3. The zero-order valence-corrected chi connectivity index (χ0v) is 33.3. The van der Waals surface area contributed by atoms with Crippen LogP contribution in [0, 0.1) is 0 Å². The largest absolute Gasteiger partial charge is 0.445 e. The average Bonchev–Trinajstić information content (AvgIpc) is 4.14. The maximum atomic E-state index is 12.7. The molecule has 55 heavy (non-hydrogen) atoms. The van der Waals surface area contributed by atoms with Gasteiger partial charge in [0.15, 0.2) is 0 Å². The molecular weight excluding hydrogens is 697 g/mol. The molecule has 300 valence electrons. The van der Waals surface area contributed by atoms with Crippen LogP contribution in [0.1, 0.15) is 83.3 Å². The van der Waals surface area contributed by atoms with Crippen LogP contribution in [0.2, 0.25) is 0 Å². The molecule has 2 saturated carbocycles. The predicted molar refractivity (Wildman–Crippen MR) is 210 cm³/mol. The molecule has 6 fully saturated rings. The van der Waals surface area contributed by atoms with Crippen molar-refractivity contribution in [1.29, 1.82) is 0 Å². The molecule has 2 aromatic rings. The first-order valence-corrected chi connectivity index (χ1v) is 20.6. The Bertz CT molecular complexity index is 1580. The average molecular weight is 759 g/mol. The molecule has 1 N–H and O–H groups in total. The van der Waals surface area contributed by atoms with Gasteiger partial charge in [0.05, 0.1) is 5.54 Å². The van der Waals surface area contributed by atoms with Crippen molar-refractivity contribution in [2.45, 2.75) is 114 Å². The van der Waals surface area contributed by atoms with E-state index in [1.807, 2.05) is 96.1 Å². The Kier molecular flexibility index (Phi) is 12.2. The van der Waals surface area contributed by atoms with E-state index in [4.69, 9.17) is 14.2 Å². The van der Waals surface area contributed by atoms with E-state index in [9.17, 15) is 14.4 Å². The lowest BCUT2D eigenvalue weighted by Crippen LogP contribution is -2.61. The van der Waals surface area contributed by atoms with Gasteiger partial charge in [0, 0.05) is 83.1 Å². The molecule has 0 atom stereocenters. The molecule has 8 rings (SSSR count). The SMILES string of the molecule is CC(C)(C)OC(=O)N1CCN(C2CCN(C(=O)OCc3ccccc3)CC2)CC12CC2.O=C(OCc1ccccc1)N1CCC(N2CCNC3(CC3)C2)CC1. The Balaban J connectivity index is 0.000000174. The molecule has 2 spiro atoms. The van der Waals surface area contributed by atoms with Crippen molar-refractivity contribution in [2.75, 3.05) is 65.4 Å². The van der Waals surface area contributed by atoms with Crippen molar-refractivity contribution < 1.29 is 28.6 Å². The second-order valence-electron chi connectivity index (χ2n) is 17.5. The van der Waals surface area contributed by atoms with Crippen LogP contribution in [0.15, 0.2) is 60.7 Å². The third kappa shape index (κ3) is 10.5. The molecular formula is C43H62N6O6. The van der Waals surface area contributed by atoms with Crippen LogP contribution < -0.4 is 5.32 Å². The first-order chi connectivity index (χ1) is 26.5. The Morgan fingerprint density at radius 2 is 1.13 bits per heavy atom. The van der Waals surface area contributed by atoms with Gasteiger partial charge in [-0.15, -0.1) is 0 Å².